The first kappa shape index (κ1) is 10.4. The molecule has 2 heterocycles. The molecule has 0 bridgehead atoms. The molecule has 0 unspecified atom stereocenters. The molecule has 0 N–H and O–H groups in total. The van der Waals surface area contributed by atoms with Crippen molar-refractivity contribution in [2.24, 2.45) is 0 Å². The molecular weight excluding hydrogens is 208 g/mol. The highest BCUT2D eigenvalue weighted by molar-refractivity contribution is 6.02. The molecule has 0 saturated heterocycles. The fraction of sp³-hybridized carbons (Fsp3) is 0.182. The van der Waals surface area contributed by atoms with Gasteiger partial charge in [-0.1, -0.05) is 0 Å². The Morgan fingerprint density at radius 2 is 2.06 bits per heavy atom. The molecule has 0 spiro atoms. The largest absolute Gasteiger partial charge is 0.316 e. The number of nitrogens with zero attached hydrogens (tertiary/aromatic N) is 2. The summed E-state index contributed by atoms with van der Waals surface area (Å²) in [4.78, 5) is 21.6. The van der Waals surface area contributed by atoms with E-state index in [-0.39, 0.29) is 11.5 Å². The van der Waals surface area contributed by atoms with Crippen molar-refractivity contribution in [1.82, 2.24) is 4.40 Å². The van der Waals surface area contributed by atoms with Crippen LogP contribution in [-0.2, 0) is 0 Å². The van der Waals surface area contributed by atoms with Gasteiger partial charge in [-0.15, -0.1) is 0 Å². The van der Waals surface area contributed by atoms with Crippen LogP contribution in [0.1, 0.15) is 22.8 Å². The van der Waals surface area contributed by atoms with Crippen molar-refractivity contribution in [3.63, 3.8) is 0 Å². The average Bonchev–Trinajstić information content (AvgIpc) is 2.51. The molecule has 5 heteroatoms. The zero-order chi connectivity index (χ0) is 11.9. The number of carbonyl (C=O) groups is 1. The van der Waals surface area contributed by atoms with E-state index >= 15 is 0 Å². The van der Waals surface area contributed by atoms with E-state index in [0.29, 0.717) is 11.1 Å². The van der Waals surface area contributed by atoms with Gasteiger partial charge in [0.1, 0.15) is 0 Å². The number of ketones is 1. The van der Waals surface area contributed by atoms with Gasteiger partial charge in [-0.3, -0.25) is 14.9 Å². The maximum absolute atomic E-state index is 11.4. The molecule has 2 rings (SSSR count). The molecule has 5 nitrogen and oxygen atoms in total. The first-order valence-electron chi connectivity index (χ1n) is 4.77. The van der Waals surface area contributed by atoms with E-state index in [1.165, 1.54) is 19.2 Å². The molecule has 82 valence electrons. The second-order valence-corrected chi connectivity index (χ2v) is 3.68. The summed E-state index contributed by atoms with van der Waals surface area (Å²) in [6.45, 7) is 3.30. The van der Waals surface area contributed by atoms with Crippen LogP contribution in [0.2, 0.25) is 0 Å². The van der Waals surface area contributed by atoms with Gasteiger partial charge in [0.15, 0.2) is 5.78 Å². The van der Waals surface area contributed by atoms with Crippen LogP contribution in [0.5, 0.6) is 0 Å². The molecule has 0 atom stereocenters. The number of aromatic nitrogens is 1. The van der Waals surface area contributed by atoms with Crippen LogP contribution in [0.4, 0.5) is 5.69 Å². The van der Waals surface area contributed by atoms with Crippen LogP contribution >= 0.6 is 0 Å². The summed E-state index contributed by atoms with van der Waals surface area (Å²) >= 11 is 0. The van der Waals surface area contributed by atoms with Gasteiger partial charge >= 0.3 is 0 Å². The topological polar surface area (TPSA) is 64.6 Å². The van der Waals surface area contributed by atoms with E-state index in [4.69, 9.17) is 0 Å². The highest BCUT2D eigenvalue weighted by atomic mass is 16.6. The average molecular weight is 218 g/mol. The lowest BCUT2D eigenvalue weighted by Crippen LogP contribution is -1.95. The summed E-state index contributed by atoms with van der Waals surface area (Å²) in [5.74, 6) is -0.0335. The first-order chi connectivity index (χ1) is 7.50. The number of fused-ring (bicyclic) bond motifs is 1. The van der Waals surface area contributed by atoms with Gasteiger partial charge in [0.2, 0.25) is 0 Å². The molecule has 0 radical (unpaired) electrons. The lowest BCUT2D eigenvalue weighted by atomic mass is 10.1. The van der Waals surface area contributed by atoms with E-state index < -0.39 is 4.92 Å². The van der Waals surface area contributed by atoms with Crippen molar-refractivity contribution in [3.8, 4) is 0 Å². The predicted octanol–water partition coefficient (Wildman–Crippen LogP) is 2.36. The van der Waals surface area contributed by atoms with E-state index in [9.17, 15) is 14.9 Å². The van der Waals surface area contributed by atoms with E-state index in [0.717, 1.165) is 5.56 Å². The number of pyridine rings is 1. The molecule has 0 fully saturated rings. The molecule has 2 aromatic rings. The third-order valence-electron chi connectivity index (χ3n) is 2.51. The van der Waals surface area contributed by atoms with Crippen LogP contribution in [0.15, 0.2) is 24.5 Å². The minimum atomic E-state index is -0.456. The Balaban J connectivity index is 2.75. The van der Waals surface area contributed by atoms with Crippen molar-refractivity contribution in [1.29, 1.82) is 0 Å². The highest BCUT2D eigenvalue weighted by Gasteiger charge is 2.14. The van der Waals surface area contributed by atoms with Crippen LogP contribution < -0.4 is 0 Å². The summed E-state index contributed by atoms with van der Waals surface area (Å²) < 4.78 is 1.62. The Kier molecular flexibility index (Phi) is 2.23. The van der Waals surface area contributed by atoms with Crippen molar-refractivity contribution >= 4 is 17.0 Å². The molecule has 0 aliphatic heterocycles. The monoisotopic (exact) mass is 218 g/mol. The molecule has 0 saturated carbocycles. The zero-order valence-electron chi connectivity index (χ0n) is 8.93. The van der Waals surface area contributed by atoms with E-state index in [1.54, 1.807) is 16.7 Å². The third kappa shape index (κ3) is 1.46. The van der Waals surface area contributed by atoms with Crippen LogP contribution in [0.3, 0.4) is 0 Å². The summed E-state index contributed by atoms with van der Waals surface area (Å²) in [5.41, 5.74) is 2.16. The number of hydrogen-bond acceptors (Lipinski definition) is 3. The van der Waals surface area contributed by atoms with Crippen molar-refractivity contribution in [3.05, 3.63) is 45.8 Å². The second-order valence-electron chi connectivity index (χ2n) is 3.68. The number of rotatable bonds is 2. The molecule has 16 heavy (non-hydrogen) atoms. The quantitative estimate of drug-likeness (QED) is 0.441. The number of Topliss-reactive ketones (excluding diaryl/α,β-unsaturated/α-hetero) is 1. The fourth-order valence-electron chi connectivity index (χ4n) is 1.87. The summed E-state index contributed by atoms with van der Waals surface area (Å²) in [5, 5.41) is 10.6. The van der Waals surface area contributed by atoms with E-state index in [1.807, 2.05) is 6.92 Å². The number of aryl methyl sites for hydroxylation is 1. The Hall–Kier alpha value is -2.17. The zero-order valence-corrected chi connectivity index (χ0v) is 8.93. The maximum atomic E-state index is 11.4. The second kappa shape index (κ2) is 3.44. The minimum Gasteiger partial charge on any atom is -0.316 e. The van der Waals surface area contributed by atoms with Crippen molar-refractivity contribution < 1.29 is 9.72 Å². The molecule has 0 aromatic carbocycles. The SMILES string of the molecule is CC(=O)c1c(C)cn2cc([N+](=O)[O-])ccc12. The van der Waals surface area contributed by atoms with Gasteiger partial charge in [0.25, 0.3) is 5.69 Å². The first-order valence-corrected chi connectivity index (χ1v) is 4.77. The van der Waals surface area contributed by atoms with Gasteiger partial charge in [0, 0.05) is 17.8 Å². The smallest absolute Gasteiger partial charge is 0.285 e. The Morgan fingerprint density at radius 3 is 2.62 bits per heavy atom. The molecule has 0 amide bonds. The number of hydrogen-bond donors (Lipinski definition) is 0. The standard InChI is InChI=1S/C11H10N2O3/c1-7-5-12-6-9(13(15)16)3-4-10(12)11(7)8(2)14/h3-6H,1-2H3. The molecule has 0 aliphatic rings. The molecular formula is C11H10N2O3. The van der Waals surface area contributed by atoms with E-state index in [2.05, 4.69) is 0 Å². The van der Waals surface area contributed by atoms with Gasteiger partial charge in [-0.05, 0) is 25.5 Å². The molecule has 0 aliphatic carbocycles. The van der Waals surface area contributed by atoms with Crippen molar-refractivity contribution in [2.75, 3.05) is 0 Å². The minimum absolute atomic E-state index is 0.0117. The van der Waals surface area contributed by atoms with Gasteiger partial charge in [-0.25, -0.2) is 0 Å². The van der Waals surface area contributed by atoms with Crippen molar-refractivity contribution in [2.45, 2.75) is 13.8 Å². The molecule has 2 aromatic heterocycles. The normalized spacial score (nSPS) is 10.6. The van der Waals surface area contributed by atoms with Gasteiger partial charge in [-0.2, -0.15) is 0 Å². The van der Waals surface area contributed by atoms with Crippen LogP contribution in [-0.4, -0.2) is 15.1 Å². The highest BCUT2D eigenvalue weighted by Crippen LogP contribution is 2.21. The van der Waals surface area contributed by atoms with Crippen LogP contribution in [0, 0.1) is 17.0 Å². The van der Waals surface area contributed by atoms with Gasteiger partial charge in [0.05, 0.1) is 16.6 Å². The summed E-state index contributed by atoms with van der Waals surface area (Å²) in [7, 11) is 0. The number of carbonyl (C=O) groups excluding carboxylic acids is 1. The Morgan fingerprint density at radius 1 is 1.38 bits per heavy atom. The third-order valence-corrected chi connectivity index (χ3v) is 2.51. The predicted molar refractivity (Wildman–Crippen MR) is 58.8 cm³/mol. The fourth-order valence-corrected chi connectivity index (χ4v) is 1.87. The Bertz CT molecular complexity index is 599. The lowest BCUT2D eigenvalue weighted by molar-refractivity contribution is -0.385. The van der Waals surface area contributed by atoms with Crippen LogP contribution in [0.25, 0.3) is 5.52 Å². The summed E-state index contributed by atoms with van der Waals surface area (Å²) in [6, 6.07) is 3.00. The maximum Gasteiger partial charge on any atom is 0.285 e. The Labute approximate surface area is 91.5 Å². The lowest BCUT2D eigenvalue weighted by Gasteiger charge is -1.97. The summed E-state index contributed by atoms with van der Waals surface area (Å²) in [6.07, 6.45) is 3.13. The van der Waals surface area contributed by atoms with Gasteiger partial charge < -0.3 is 4.40 Å². The number of nitro groups is 1.